The fraction of sp³-hybridized carbons (Fsp3) is 0.588. The molecular formula is C17H26O2. The van der Waals surface area contributed by atoms with Crippen molar-refractivity contribution < 1.29 is 9.53 Å². The van der Waals surface area contributed by atoms with E-state index in [9.17, 15) is 4.79 Å². The van der Waals surface area contributed by atoms with Gasteiger partial charge in [-0.05, 0) is 36.0 Å². The third-order valence-electron chi connectivity index (χ3n) is 3.08. The number of rotatable bonds is 6. The van der Waals surface area contributed by atoms with Gasteiger partial charge in [0, 0.05) is 6.42 Å². The van der Waals surface area contributed by atoms with E-state index in [1.54, 1.807) is 0 Å². The SMILES string of the molecule is CCCOc1ccc(C(C)(C)C)cc1C(=O)CCC. The summed E-state index contributed by atoms with van der Waals surface area (Å²) >= 11 is 0. The van der Waals surface area contributed by atoms with Crippen LogP contribution in [0.4, 0.5) is 0 Å². The van der Waals surface area contributed by atoms with Gasteiger partial charge in [0.2, 0.25) is 0 Å². The predicted octanol–water partition coefficient (Wildman–Crippen LogP) is 4.76. The number of benzene rings is 1. The molecule has 0 spiro atoms. The smallest absolute Gasteiger partial charge is 0.166 e. The minimum atomic E-state index is 0.0462. The van der Waals surface area contributed by atoms with Gasteiger partial charge < -0.3 is 4.74 Å². The largest absolute Gasteiger partial charge is 0.493 e. The second-order valence-corrected chi connectivity index (χ2v) is 5.98. The van der Waals surface area contributed by atoms with Crippen molar-refractivity contribution in [2.75, 3.05) is 6.61 Å². The summed E-state index contributed by atoms with van der Waals surface area (Å²) in [5.41, 5.74) is 1.96. The zero-order valence-corrected chi connectivity index (χ0v) is 12.9. The van der Waals surface area contributed by atoms with Gasteiger partial charge >= 0.3 is 0 Å². The van der Waals surface area contributed by atoms with Crippen molar-refractivity contribution in [2.45, 2.75) is 59.3 Å². The predicted molar refractivity (Wildman–Crippen MR) is 80.2 cm³/mol. The van der Waals surface area contributed by atoms with Crippen molar-refractivity contribution in [1.82, 2.24) is 0 Å². The quantitative estimate of drug-likeness (QED) is 0.691. The molecule has 0 radical (unpaired) electrons. The number of ketones is 1. The lowest BCUT2D eigenvalue weighted by Gasteiger charge is -2.21. The molecule has 0 N–H and O–H groups in total. The Morgan fingerprint density at radius 1 is 1.16 bits per heavy atom. The Bertz CT molecular complexity index is 427. The van der Waals surface area contributed by atoms with E-state index in [2.05, 4.69) is 33.8 Å². The van der Waals surface area contributed by atoms with Crippen LogP contribution in [-0.4, -0.2) is 12.4 Å². The fourth-order valence-electron chi connectivity index (χ4n) is 1.91. The molecule has 2 heteroatoms. The molecule has 0 aromatic heterocycles. The van der Waals surface area contributed by atoms with E-state index in [1.165, 1.54) is 5.56 Å². The molecule has 0 unspecified atom stereocenters. The minimum Gasteiger partial charge on any atom is -0.493 e. The van der Waals surface area contributed by atoms with Gasteiger partial charge in [-0.1, -0.05) is 40.7 Å². The Labute approximate surface area is 117 Å². The number of ether oxygens (including phenoxy) is 1. The summed E-state index contributed by atoms with van der Waals surface area (Å²) in [6.45, 7) is 11.2. The molecule has 0 aliphatic carbocycles. The maximum absolute atomic E-state index is 12.2. The van der Waals surface area contributed by atoms with E-state index in [0.29, 0.717) is 13.0 Å². The Hall–Kier alpha value is -1.31. The molecule has 0 aliphatic heterocycles. The zero-order valence-electron chi connectivity index (χ0n) is 12.9. The van der Waals surface area contributed by atoms with Crippen LogP contribution in [0.5, 0.6) is 5.75 Å². The molecule has 0 amide bonds. The Morgan fingerprint density at radius 2 is 1.84 bits per heavy atom. The van der Waals surface area contributed by atoms with Crippen molar-refractivity contribution in [1.29, 1.82) is 0 Å². The zero-order chi connectivity index (χ0) is 14.5. The molecule has 19 heavy (non-hydrogen) atoms. The van der Waals surface area contributed by atoms with Crippen LogP contribution in [0.25, 0.3) is 0 Å². The molecule has 0 bridgehead atoms. The normalized spacial score (nSPS) is 11.4. The third-order valence-corrected chi connectivity index (χ3v) is 3.08. The second-order valence-electron chi connectivity index (χ2n) is 5.98. The summed E-state index contributed by atoms with van der Waals surface area (Å²) in [6.07, 6.45) is 2.39. The first-order valence-corrected chi connectivity index (χ1v) is 7.20. The lowest BCUT2D eigenvalue weighted by molar-refractivity contribution is 0.0977. The van der Waals surface area contributed by atoms with Crippen LogP contribution in [0.2, 0.25) is 0 Å². The van der Waals surface area contributed by atoms with Gasteiger partial charge in [-0.15, -0.1) is 0 Å². The molecule has 1 rings (SSSR count). The van der Waals surface area contributed by atoms with Gasteiger partial charge in [0.1, 0.15) is 5.75 Å². The van der Waals surface area contributed by atoms with Gasteiger partial charge in [-0.2, -0.15) is 0 Å². The molecule has 2 nitrogen and oxygen atoms in total. The van der Waals surface area contributed by atoms with Crippen molar-refractivity contribution >= 4 is 5.78 Å². The Kier molecular flexibility index (Phi) is 5.59. The maximum atomic E-state index is 12.2. The van der Waals surface area contributed by atoms with Crippen LogP contribution in [0.3, 0.4) is 0 Å². The van der Waals surface area contributed by atoms with Gasteiger partial charge in [0.25, 0.3) is 0 Å². The van der Waals surface area contributed by atoms with Crippen molar-refractivity contribution in [3.8, 4) is 5.75 Å². The molecule has 0 atom stereocenters. The number of carbonyl (C=O) groups excluding carboxylic acids is 1. The average molecular weight is 262 g/mol. The van der Waals surface area contributed by atoms with Gasteiger partial charge in [0.15, 0.2) is 5.78 Å². The summed E-state index contributed by atoms with van der Waals surface area (Å²) in [5.74, 6) is 0.910. The van der Waals surface area contributed by atoms with Gasteiger partial charge in [0.05, 0.1) is 12.2 Å². The summed E-state index contributed by atoms with van der Waals surface area (Å²) in [4.78, 5) is 12.2. The monoisotopic (exact) mass is 262 g/mol. The topological polar surface area (TPSA) is 26.3 Å². The van der Waals surface area contributed by atoms with E-state index in [-0.39, 0.29) is 11.2 Å². The van der Waals surface area contributed by atoms with Crippen LogP contribution in [-0.2, 0) is 5.41 Å². The maximum Gasteiger partial charge on any atom is 0.166 e. The summed E-state index contributed by atoms with van der Waals surface area (Å²) in [5, 5.41) is 0. The minimum absolute atomic E-state index is 0.0462. The van der Waals surface area contributed by atoms with Gasteiger partial charge in [-0.25, -0.2) is 0 Å². The molecule has 106 valence electrons. The van der Waals surface area contributed by atoms with Crippen LogP contribution in [0.1, 0.15) is 69.8 Å². The van der Waals surface area contributed by atoms with Crippen molar-refractivity contribution in [3.05, 3.63) is 29.3 Å². The fourth-order valence-corrected chi connectivity index (χ4v) is 1.91. The highest BCUT2D eigenvalue weighted by atomic mass is 16.5. The number of carbonyl (C=O) groups is 1. The number of Topliss-reactive ketones (excluding diaryl/α,β-unsaturated/α-hetero) is 1. The molecule has 0 aliphatic rings. The van der Waals surface area contributed by atoms with E-state index >= 15 is 0 Å². The molecular weight excluding hydrogens is 236 g/mol. The molecule has 0 heterocycles. The first-order valence-electron chi connectivity index (χ1n) is 7.20. The van der Waals surface area contributed by atoms with E-state index in [0.717, 1.165) is 24.2 Å². The first kappa shape index (κ1) is 15.7. The number of hydrogen-bond donors (Lipinski definition) is 0. The molecule has 0 fully saturated rings. The lowest BCUT2D eigenvalue weighted by Crippen LogP contribution is -2.13. The highest BCUT2D eigenvalue weighted by molar-refractivity contribution is 5.98. The van der Waals surface area contributed by atoms with E-state index in [4.69, 9.17) is 4.74 Å². The van der Waals surface area contributed by atoms with Crippen molar-refractivity contribution in [2.24, 2.45) is 0 Å². The van der Waals surface area contributed by atoms with Crippen LogP contribution in [0.15, 0.2) is 18.2 Å². The second kappa shape index (κ2) is 6.74. The first-order chi connectivity index (χ1) is 8.90. The standard InChI is InChI=1S/C17H26O2/c1-6-8-15(18)14-12-13(17(3,4)5)9-10-16(14)19-11-7-2/h9-10,12H,6-8,11H2,1-5H3. The highest BCUT2D eigenvalue weighted by Gasteiger charge is 2.19. The highest BCUT2D eigenvalue weighted by Crippen LogP contribution is 2.29. The third kappa shape index (κ3) is 4.38. The van der Waals surface area contributed by atoms with Gasteiger partial charge in [-0.3, -0.25) is 4.79 Å². The molecule has 1 aromatic carbocycles. The van der Waals surface area contributed by atoms with Crippen molar-refractivity contribution in [3.63, 3.8) is 0 Å². The summed E-state index contributed by atoms with van der Waals surface area (Å²) in [6, 6.07) is 6.01. The summed E-state index contributed by atoms with van der Waals surface area (Å²) in [7, 11) is 0. The molecule has 1 aromatic rings. The van der Waals surface area contributed by atoms with Crippen LogP contribution >= 0.6 is 0 Å². The van der Waals surface area contributed by atoms with Crippen LogP contribution < -0.4 is 4.74 Å². The Morgan fingerprint density at radius 3 is 2.37 bits per heavy atom. The number of hydrogen-bond acceptors (Lipinski definition) is 2. The molecule has 0 saturated heterocycles. The van der Waals surface area contributed by atoms with Crippen LogP contribution in [0, 0.1) is 0 Å². The van der Waals surface area contributed by atoms with E-state index in [1.807, 2.05) is 19.1 Å². The Balaban J connectivity index is 3.14. The lowest BCUT2D eigenvalue weighted by atomic mass is 9.85. The average Bonchev–Trinajstić information content (AvgIpc) is 2.35. The molecule has 0 saturated carbocycles. The van der Waals surface area contributed by atoms with E-state index < -0.39 is 0 Å². The summed E-state index contributed by atoms with van der Waals surface area (Å²) < 4.78 is 5.70.